The first kappa shape index (κ1) is 27.1. The van der Waals surface area contributed by atoms with Gasteiger partial charge in [0.1, 0.15) is 12.4 Å². The van der Waals surface area contributed by atoms with E-state index >= 15 is 0 Å². The first-order valence-electron chi connectivity index (χ1n) is 11.9. The summed E-state index contributed by atoms with van der Waals surface area (Å²) in [4.78, 5) is 26.6. The van der Waals surface area contributed by atoms with Crippen molar-refractivity contribution in [2.45, 2.75) is 40.3 Å². The Bertz CT molecular complexity index is 1190. The number of carbonyl (C=O) groups is 2. The fourth-order valence-electron chi connectivity index (χ4n) is 3.86. The van der Waals surface area contributed by atoms with E-state index < -0.39 is 6.09 Å². The molecule has 0 aliphatic heterocycles. The van der Waals surface area contributed by atoms with Gasteiger partial charge in [0.25, 0.3) is 0 Å². The Morgan fingerprint density at radius 2 is 1.61 bits per heavy atom. The number of methoxy groups -OCH3 is 1. The molecular formula is C29H32ClNO5. The summed E-state index contributed by atoms with van der Waals surface area (Å²) in [6.45, 7) is 7.06. The summed E-state index contributed by atoms with van der Waals surface area (Å²) in [5, 5.41) is 0.633. The Labute approximate surface area is 217 Å². The van der Waals surface area contributed by atoms with Crippen molar-refractivity contribution in [2.75, 3.05) is 20.3 Å². The van der Waals surface area contributed by atoms with Crippen molar-refractivity contribution < 1.29 is 23.8 Å². The van der Waals surface area contributed by atoms with Gasteiger partial charge < -0.3 is 19.1 Å². The molecule has 0 N–H and O–H groups in total. The van der Waals surface area contributed by atoms with Gasteiger partial charge in [-0.3, -0.25) is 4.79 Å². The van der Waals surface area contributed by atoms with E-state index in [2.05, 4.69) is 6.07 Å². The van der Waals surface area contributed by atoms with Crippen molar-refractivity contribution in [1.82, 2.24) is 4.90 Å². The minimum Gasteiger partial charge on any atom is -0.496 e. The second kappa shape index (κ2) is 13.0. The zero-order valence-electron chi connectivity index (χ0n) is 21.2. The molecule has 0 aliphatic rings. The van der Waals surface area contributed by atoms with E-state index in [0.717, 1.165) is 33.4 Å². The maximum atomic E-state index is 12.9. The number of aryl methyl sites for hydroxylation is 1. The molecule has 190 valence electrons. The zero-order valence-corrected chi connectivity index (χ0v) is 21.9. The molecule has 0 fully saturated rings. The Morgan fingerprint density at radius 1 is 0.889 bits per heavy atom. The average molecular weight is 510 g/mol. The Kier molecular flexibility index (Phi) is 9.77. The number of hydrogen-bond acceptors (Lipinski definition) is 5. The van der Waals surface area contributed by atoms with Crippen LogP contribution in [0.15, 0.2) is 60.7 Å². The maximum Gasteiger partial charge on any atom is 0.410 e. The van der Waals surface area contributed by atoms with E-state index in [-0.39, 0.29) is 19.0 Å². The lowest BCUT2D eigenvalue weighted by Crippen LogP contribution is -2.31. The van der Waals surface area contributed by atoms with Crippen LogP contribution in [0.4, 0.5) is 4.79 Å². The molecular weight excluding hydrogens is 478 g/mol. The molecule has 0 spiro atoms. The molecule has 3 aromatic carbocycles. The molecule has 6 nitrogen and oxygen atoms in total. The second-order valence-electron chi connectivity index (χ2n) is 8.37. The summed E-state index contributed by atoms with van der Waals surface area (Å²) in [7, 11) is 1.62. The predicted molar refractivity (Wildman–Crippen MR) is 141 cm³/mol. The number of halogens is 1. The van der Waals surface area contributed by atoms with Gasteiger partial charge in [-0.15, -0.1) is 0 Å². The van der Waals surface area contributed by atoms with Crippen molar-refractivity contribution in [1.29, 1.82) is 0 Å². The van der Waals surface area contributed by atoms with Gasteiger partial charge in [0.05, 0.1) is 20.1 Å². The van der Waals surface area contributed by atoms with Gasteiger partial charge in [-0.2, -0.15) is 0 Å². The lowest BCUT2D eigenvalue weighted by atomic mass is 9.94. The molecule has 0 radical (unpaired) electrons. The van der Waals surface area contributed by atoms with Gasteiger partial charge in [-0.1, -0.05) is 53.6 Å². The highest BCUT2D eigenvalue weighted by molar-refractivity contribution is 6.30. The predicted octanol–water partition coefficient (Wildman–Crippen LogP) is 6.59. The molecule has 7 heteroatoms. The zero-order chi connectivity index (χ0) is 26.1. The standard InChI is InChI=1S/C29H32ClNO5/c1-5-31(29(33)36-19-21-8-12-24(30)13-9-21)18-23-11-7-20(3)15-25(23)26-16-22(10-14-27(26)34-4)17-28(32)35-6-2/h7-16H,5-6,17-19H2,1-4H3. The third-order valence-electron chi connectivity index (χ3n) is 5.75. The first-order valence-corrected chi connectivity index (χ1v) is 12.3. The molecule has 0 saturated heterocycles. The fourth-order valence-corrected chi connectivity index (χ4v) is 3.99. The fraction of sp³-hybridized carbons (Fsp3) is 0.310. The topological polar surface area (TPSA) is 65.1 Å². The normalized spacial score (nSPS) is 10.6. The smallest absolute Gasteiger partial charge is 0.410 e. The van der Waals surface area contributed by atoms with E-state index in [1.54, 1.807) is 31.1 Å². The molecule has 3 rings (SSSR count). The lowest BCUT2D eigenvalue weighted by Gasteiger charge is -2.23. The van der Waals surface area contributed by atoms with Crippen LogP contribution >= 0.6 is 11.6 Å². The Hall–Kier alpha value is -3.51. The summed E-state index contributed by atoms with van der Waals surface area (Å²) < 4.78 is 16.3. The molecule has 0 saturated carbocycles. The molecule has 3 aromatic rings. The number of hydrogen-bond donors (Lipinski definition) is 0. The van der Waals surface area contributed by atoms with E-state index in [9.17, 15) is 9.59 Å². The molecule has 36 heavy (non-hydrogen) atoms. The minimum absolute atomic E-state index is 0.164. The molecule has 0 heterocycles. The lowest BCUT2D eigenvalue weighted by molar-refractivity contribution is -0.142. The van der Waals surface area contributed by atoms with Crippen LogP contribution in [0.2, 0.25) is 5.02 Å². The van der Waals surface area contributed by atoms with Crippen molar-refractivity contribution >= 4 is 23.7 Å². The summed E-state index contributed by atoms with van der Waals surface area (Å²) in [5.41, 5.74) is 5.48. The first-order chi connectivity index (χ1) is 17.3. The third-order valence-corrected chi connectivity index (χ3v) is 6.00. The van der Waals surface area contributed by atoms with E-state index in [0.29, 0.717) is 30.5 Å². The highest BCUT2D eigenvalue weighted by Gasteiger charge is 2.19. The van der Waals surface area contributed by atoms with E-state index in [1.807, 2.05) is 56.3 Å². The number of nitrogens with zero attached hydrogens (tertiary/aromatic N) is 1. The monoisotopic (exact) mass is 509 g/mol. The van der Waals surface area contributed by atoms with Crippen LogP contribution in [0.5, 0.6) is 5.75 Å². The van der Waals surface area contributed by atoms with Crippen molar-refractivity contribution in [2.24, 2.45) is 0 Å². The number of carbonyl (C=O) groups excluding carboxylic acids is 2. The number of benzene rings is 3. The summed E-state index contributed by atoms with van der Waals surface area (Å²) in [6.07, 6.45) is -0.230. The minimum atomic E-state index is -0.401. The van der Waals surface area contributed by atoms with Crippen molar-refractivity contribution in [3.05, 3.63) is 87.9 Å². The van der Waals surface area contributed by atoms with Crippen LogP contribution in [0, 0.1) is 6.92 Å². The van der Waals surface area contributed by atoms with Crippen LogP contribution in [0.25, 0.3) is 11.1 Å². The van der Waals surface area contributed by atoms with E-state index in [1.165, 1.54) is 0 Å². The summed E-state index contributed by atoms with van der Waals surface area (Å²) in [6, 6.07) is 19.0. The average Bonchev–Trinajstić information content (AvgIpc) is 2.87. The summed E-state index contributed by atoms with van der Waals surface area (Å²) in [5.74, 6) is 0.404. The van der Waals surface area contributed by atoms with Crippen molar-refractivity contribution in [3.8, 4) is 16.9 Å². The van der Waals surface area contributed by atoms with Gasteiger partial charge >= 0.3 is 12.1 Å². The van der Waals surface area contributed by atoms with Crippen LogP contribution in [0.3, 0.4) is 0 Å². The van der Waals surface area contributed by atoms with Gasteiger partial charge in [-0.25, -0.2) is 4.79 Å². The number of rotatable bonds is 10. The maximum absolute atomic E-state index is 12.9. The van der Waals surface area contributed by atoms with Crippen LogP contribution in [0.1, 0.15) is 36.1 Å². The highest BCUT2D eigenvalue weighted by atomic mass is 35.5. The quantitative estimate of drug-likeness (QED) is 0.288. The molecule has 0 atom stereocenters. The SMILES string of the molecule is CCOC(=O)Cc1ccc(OC)c(-c2cc(C)ccc2CN(CC)C(=O)OCc2ccc(Cl)cc2)c1. The molecule has 0 unspecified atom stereocenters. The van der Waals surface area contributed by atoms with Gasteiger partial charge in [0, 0.05) is 23.7 Å². The third kappa shape index (κ3) is 7.25. The van der Waals surface area contributed by atoms with Gasteiger partial charge in [0.15, 0.2) is 0 Å². The van der Waals surface area contributed by atoms with Crippen molar-refractivity contribution in [3.63, 3.8) is 0 Å². The van der Waals surface area contributed by atoms with Gasteiger partial charge in [0.2, 0.25) is 0 Å². The second-order valence-corrected chi connectivity index (χ2v) is 8.81. The number of esters is 1. The molecule has 0 bridgehead atoms. The molecule has 0 aliphatic carbocycles. The summed E-state index contributed by atoms with van der Waals surface area (Å²) >= 11 is 5.94. The highest BCUT2D eigenvalue weighted by Crippen LogP contribution is 2.35. The number of ether oxygens (including phenoxy) is 3. The number of amides is 1. The largest absolute Gasteiger partial charge is 0.496 e. The van der Waals surface area contributed by atoms with E-state index in [4.69, 9.17) is 25.8 Å². The molecule has 0 aromatic heterocycles. The Balaban J connectivity index is 1.86. The van der Waals surface area contributed by atoms with Gasteiger partial charge in [-0.05, 0) is 67.3 Å². The van der Waals surface area contributed by atoms with Crippen LogP contribution in [-0.2, 0) is 33.8 Å². The Morgan fingerprint density at radius 3 is 2.28 bits per heavy atom. The van der Waals surface area contributed by atoms with Crippen LogP contribution < -0.4 is 4.74 Å². The molecule has 1 amide bonds. The van der Waals surface area contributed by atoms with Crippen LogP contribution in [-0.4, -0.2) is 37.2 Å².